The Morgan fingerprint density at radius 3 is 2.65 bits per heavy atom. The molecule has 1 fully saturated rings. The lowest BCUT2D eigenvalue weighted by molar-refractivity contribution is -0.167. The molecule has 0 saturated heterocycles. The van der Waals surface area contributed by atoms with Gasteiger partial charge in [-0.1, -0.05) is 38.3 Å². The van der Waals surface area contributed by atoms with Crippen molar-refractivity contribution in [2.75, 3.05) is 20.3 Å². The molecule has 0 aliphatic heterocycles. The number of carbonyl (C=O) groups is 2. The summed E-state index contributed by atoms with van der Waals surface area (Å²) < 4.78 is 57.6. The largest absolute Gasteiger partial charge is 0.508 e. The number of aliphatic hydroxyl groups excluding tert-OH is 1. The number of rotatable bonds is 12. The molecule has 10 heteroatoms. The lowest BCUT2D eigenvalue weighted by atomic mass is 9.73. The Morgan fingerprint density at radius 1 is 1.16 bits per heavy atom. The molecule has 1 saturated carbocycles. The molecule has 208 valence electrons. The Hall–Kier alpha value is -2.49. The van der Waals surface area contributed by atoms with E-state index in [0.29, 0.717) is 44.3 Å². The summed E-state index contributed by atoms with van der Waals surface area (Å²) in [6.45, 7) is 0.187. The van der Waals surface area contributed by atoms with Gasteiger partial charge in [-0.25, -0.2) is 9.59 Å². The second kappa shape index (κ2) is 13.3. The molecule has 0 bridgehead atoms. The molecule has 2 aliphatic rings. The molecular formula is C27H37F3O7. The number of halogens is 3. The third-order valence-corrected chi connectivity index (χ3v) is 7.47. The third kappa shape index (κ3) is 8.51. The number of carbonyl (C=O) groups excluding carboxylic acids is 2. The van der Waals surface area contributed by atoms with Crippen molar-refractivity contribution in [1.82, 2.24) is 0 Å². The van der Waals surface area contributed by atoms with Gasteiger partial charge in [0.25, 0.3) is 0 Å². The second-order valence-electron chi connectivity index (χ2n) is 10.0. The van der Waals surface area contributed by atoms with Gasteiger partial charge in [0.1, 0.15) is 11.9 Å². The Bertz CT molecular complexity index is 904. The number of esters is 1. The Labute approximate surface area is 215 Å². The standard InChI is InChI=1S/C27H37F3O7/c1-3-4-5-8-19(31)10-11-20-21-12-17-7-6-9-23(35-15-25(32)34-2)22(17)13-18(21)14-24(20)37-26(33)36-16-27(28,29)30/h6-7,9,18-21,24,31H,3-5,8,10-16H2,1-2H3. The Kier molecular flexibility index (Phi) is 10.5. The smallest absolute Gasteiger partial charge is 0.482 e. The monoisotopic (exact) mass is 530 g/mol. The lowest BCUT2D eigenvalue weighted by Gasteiger charge is -2.32. The highest BCUT2D eigenvalue weighted by Gasteiger charge is 2.47. The summed E-state index contributed by atoms with van der Waals surface area (Å²) >= 11 is 0. The highest BCUT2D eigenvalue weighted by molar-refractivity contribution is 5.71. The van der Waals surface area contributed by atoms with E-state index in [4.69, 9.17) is 9.47 Å². The second-order valence-corrected chi connectivity index (χ2v) is 10.0. The van der Waals surface area contributed by atoms with Crippen LogP contribution in [0, 0.1) is 17.8 Å². The molecule has 3 rings (SSSR count). The van der Waals surface area contributed by atoms with E-state index in [1.54, 1.807) is 6.07 Å². The summed E-state index contributed by atoms with van der Waals surface area (Å²) in [5.74, 6) is 0.232. The van der Waals surface area contributed by atoms with Gasteiger partial charge in [0.05, 0.1) is 13.2 Å². The van der Waals surface area contributed by atoms with Gasteiger partial charge in [0, 0.05) is 0 Å². The van der Waals surface area contributed by atoms with Crippen LogP contribution < -0.4 is 4.74 Å². The van der Waals surface area contributed by atoms with Crippen LogP contribution in [0.1, 0.15) is 63.0 Å². The lowest BCUT2D eigenvalue weighted by Crippen LogP contribution is -2.30. The van der Waals surface area contributed by atoms with Crippen LogP contribution in [0.15, 0.2) is 18.2 Å². The molecule has 0 amide bonds. The van der Waals surface area contributed by atoms with Gasteiger partial charge < -0.3 is 24.1 Å². The fourth-order valence-electron chi connectivity index (χ4n) is 5.70. The number of hydrogen-bond acceptors (Lipinski definition) is 7. The molecule has 2 aliphatic carbocycles. The molecule has 5 unspecified atom stereocenters. The Morgan fingerprint density at radius 2 is 1.95 bits per heavy atom. The quantitative estimate of drug-likeness (QED) is 0.286. The summed E-state index contributed by atoms with van der Waals surface area (Å²) in [6, 6.07) is 5.65. The highest BCUT2D eigenvalue weighted by atomic mass is 19.4. The minimum absolute atomic E-state index is 0.109. The number of ether oxygens (including phenoxy) is 4. The molecule has 1 N–H and O–H groups in total. The average Bonchev–Trinajstić information content (AvgIpc) is 3.18. The zero-order valence-electron chi connectivity index (χ0n) is 21.4. The molecular weight excluding hydrogens is 493 g/mol. The van der Waals surface area contributed by atoms with Crippen molar-refractivity contribution < 1.29 is 46.8 Å². The van der Waals surface area contributed by atoms with Crippen LogP contribution in [-0.2, 0) is 31.8 Å². The van der Waals surface area contributed by atoms with E-state index in [1.807, 2.05) is 12.1 Å². The first-order valence-electron chi connectivity index (χ1n) is 13.0. The van der Waals surface area contributed by atoms with E-state index in [9.17, 15) is 27.9 Å². The van der Waals surface area contributed by atoms with Crippen molar-refractivity contribution in [2.24, 2.45) is 17.8 Å². The Balaban J connectivity index is 1.72. The topological polar surface area (TPSA) is 91.3 Å². The summed E-state index contributed by atoms with van der Waals surface area (Å²) in [6.07, 6.45) is -0.396. The zero-order valence-corrected chi connectivity index (χ0v) is 21.4. The van der Waals surface area contributed by atoms with E-state index in [1.165, 1.54) is 7.11 Å². The van der Waals surface area contributed by atoms with Gasteiger partial charge >= 0.3 is 18.3 Å². The molecule has 7 nitrogen and oxygen atoms in total. The van der Waals surface area contributed by atoms with Crippen molar-refractivity contribution >= 4 is 12.1 Å². The minimum atomic E-state index is -4.63. The predicted octanol–water partition coefficient (Wildman–Crippen LogP) is 5.39. The van der Waals surface area contributed by atoms with E-state index in [0.717, 1.165) is 30.4 Å². The number of methoxy groups -OCH3 is 1. The van der Waals surface area contributed by atoms with Crippen molar-refractivity contribution in [3.05, 3.63) is 29.3 Å². The van der Waals surface area contributed by atoms with Gasteiger partial charge in [-0.2, -0.15) is 13.2 Å². The van der Waals surface area contributed by atoms with Crippen LogP contribution in [-0.4, -0.2) is 55.9 Å². The third-order valence-electron chi connectivity index (χ3n) is 7.47. The van der Waals surface area contributed by atoms with Crippen LogP contribution >= 0.6 is 0 Å². The maximum absolute atomic E-state index is 12.5. The maximum Gasteiger partial charge on any atom is 0.508 e. The normalized spacial score (nSPS) is 23.5. The molecule has 5 atom stereocenters. The van der Waals surface area contributed by atoms with E-state index >= 15 is 0 Å². The number of alkyl halides is 3. The number of aliphatic hydroxyl groups is 1. The summed E-state index contributed by atoms with van der Waals surface area (Å²) in [4.78, 5) is 23.7. The van der Waals surface area contributed by atoms with E-state index in [-0.39, 0.29) is 24.4 Å². The highest BCUT2D eigenvalue weighted by Crippen LogP contribution is 2.49. The predicted molar refractivity (Wildman–Crippen MR) is 128 cm³/mol. The van der Waals surface area contributed by atoms with Gasteiger partial charge in [0.2, 0.25) is 0 Å². The number of fused-ring (bicyclic) bond motifs is 2. The number of benzene rings is 1. The zero-order chi connectivity index (χ0) is 27.0. The maximum atomic E-state index is 12.5. The molecule has 0 heterocycles. The fraction of sp³-hybridized carbons (Fsp3) is 0.704. The van der Waals surface area contributed by atoms with Gasteiger partial charge in [-0.3, -0.25) is 0 Å². The van der Waals surface area contributed by atoms with Crippen LogP contribution in [0.3, 0.4) is 0 Å². The molecule has 0 spiro atoms. The van der Waals surface area contributed by atoms with Gasteiger partial charge in [0.15, 0.2) is 13.2 Å². The van der Waals surface area contributed by atoms with Crippen LogP contribution in [0.25, 0.3) is 0 Å². The SMILES string of the molecule is CCCCCC(O)CCC1C(OC(=O)OCC(F)(F)F)CC2Cc3c(cccc3OCC(=O)OC)CC21. The molecule has 1 aromatic rings. The van der Waals surface area contributed by atoms with E-state index < -0.39 is 37.1 Å². The first kappa shape index (κ1) is 29.1. The summed E-state index contributed by atoms with van der Waals surface area (Å²) in [5.41, 5.74) is 2.05. The van der Waals surface area contributed by atoms with Gasteiger partial charge in [-0.05, 0) is 73.5 Å². The van der Waals surface area contributed by atoms with Crippen molar-refractivity contribution in [1.29, 1.82) is 0 Å². The van der Waals surface area contributed by atoms with Gasteiger partial charge in [-0.15, -0.1) is 0 Å². The molecule has 0 radical (unpaired) electrons. The first-order chi connectivity index (χ1) is 17.6. The molecule has 37 heavy (non-hydrogen) atoms. The van der Waals surface area contributed by atoms with Crippen LogP contribution in [0.5, 0.6) is 5.75 Å². The van der Waals surface area contributed by atoms with Crippen molar-refractivity contribution in [3.8, 4) is 5.75 Å². The van der Waals surface area contributed by atoms with Crippen molar-refractivity contribution in [3.63, 3.8) is 0 Å². The van der Waals surface area contributed by atoms with Crippen LogP contribution in [0.2, 0.25) is 0 Å². The molecule has 1 aromatic carbocycles. The van der Waals surface area contributed by atoms with Crippen LogP contribution in [0.4, 0.5) is 18.0 Å². The summed E-state index contributed by atoms with van der Waals surface area (Å²) in [7, 11) is 1.29. The minimum Gasteiger partial charge on any atom is -0.482 e. The fourth-order valence-corrected chi connectivity index (χ4v) is 5.70. The molecule has 0 aromatic heterocycles. The summed E-state index contributed by atoms with van der Waals surface area (Å²) in [5, 5.41) is 10.5. The van der Waals surface area contributed by atoms with Crippen molar-refractivity contribution in [2.45, 2.75) is 83.1 Å². The number of hydrogen-bond donors (Lipinski definition) is 1. The first-order valence-corrected chi connectivity index (χ1v) is 13.0. The average molecular weight is 531 g/mol. The number of unbranched alkanes of at least 4 members (excludes halogenated alkanes) is 2. The van der Waals surface area contributed by atoms with E-state index in [2.05, 4.69) is 16.4 Å².